The van der Waals surface area contributed by atoms with E-state index in [4.69, 9.17) is 26.8 Å². The van der Waals surface area contributed by atoms with Crippen LogP contribution in [0.15, 0.2) is 12.1 Å². The van der Waals surface area contributed by atoms with Crippen molar-refractivity contribution in [2.24, 2.45) is 11.7 Å². The van der Waals surface area contributed by atoms with Crippen molar-refractivity contribution in [3.05, 3.63) is 17.2 Å². The van der Waals surface area contributed by atoms with Crippen molar-refractivity contribution in [1.29, 1.82) is 0 Å². The average Bonchev–Trinajstić information content (AvgIpc) is 2.86. The summed E-state index contributed by atoms with van der Waals surface area (Å²) in [6, 6.07) is 3.51. The van der Waals surface area contributed by atoms with Crippen LogP contribution in [0.3, 0.4) is 0 Å². The molecule has 0 spiro atoms. The van der Waals surface area contributed by atoms with Gasteiger partial charge in [-0.3, -0.25) is 4.79 Å². The number of carbonyl (C=O) groups is 1. The van der Waals surface area contributed by atoms with Crippen LogP contribution >= 0.6 is 24.0 Å². The molecule has 1 aliphatic heterocycles. The highest BCUT2D eigenvalue weighted by molar-refractivity contribution is 6.34. The van der Waals surface area contributed by atoms with E-state index in [-0.39, 0.29) is 30.3 Å². The highest BCUT2D eigenvalue weighted by atomic mass is 35.5. The maximum atomic E-state index is 12.2. The molecule has 3 rings (SSSR count). The molecule has 1 heterocycles. The third-order valence-electron chi connectivity index (χ3n) is 3.73. The van der Waals surface area contributed by atoms with Gasteiger partial charge in [0.25, 0.3) is 0 Å². The van der Waals surface area contributed by atoms with Crippen molar-refractivity contribution in [2.75, 3.05) is 18.5 Å². The van der Waals surface area contributed by atoms with Gasteiger partial charge in [-0.05, 0) is 19.3 Å². The van der Waals surface area contributed by atoms with Crippen molar-refractivity contribution in [1.82, 2.24) is 0 Å². The van der Waals surface area contributed by atoms with Gasteiger partial charge in [0.2, 0.25) is 5.91 Å². The largest absolute Gasteiger partial charge is 0.486 e. The molecule has 0 aromatic heterocycles. The monoisotopic (exact) mass is 332 g/mol. The van der Waals surface area contributed by atoms with E-state index in [1.807, 2.05) is 0 Å². The third kappa shape index (κ3) is 3.54. The highest BCUT2D eigenvalue weighted by Crippen LogP contribution is 2.38. The summed E-state index contributed by atoms with van der Waals surface area (Å²) < 4.78 is 10.9. The second-order valence-corrected chi connectivity index (χ2v) is 5.64. The maximum Gasteiger partial charge on any atom is 0.227 e. The fourth-order valence-corrected chi connectivity index (χ4v) is 2.85. The fraction of sp³-hybridized carbons (Fsp3) is 0.500. The number of nitrogens with one attached hydrogen (secondary N) is 1. The Kier molecular flexibility index (Phi) is 5.19. The Morgan fingerprint density at radius 2 is 1.90 bits per heavy atom. The number of fused-ring (bicyclic) bond motifs is 1. The second kappa shape index (κ2) is 6.73. The van der Waals surface area contributed by atoms with Crippen LogP contribution in [0.5, 0.6) is 11.5 Å². The number of nitrogens with two attached hydrogens (primary N) is 1. The van der Waals surface area contributed by atoms with Gasteiger partial charge in [0.15, 0.2) is 11.5 Å². The number of halogens is 2. The number of benzene rings is 1. The smallest absolute Gasteiger partial charge is 0.227 e. The molecule has 1 aromatic carbocycles. The lowest BCUT2D eigenvalue weighted by Gasteiger charge is -2.20. The van der Waals surface area contributed by atoms with Gasteiger partial charge >= 0.3 is 0 Å². The van der Waals surface area contributed by atoms with Crippen molar-refractivity contribution in [2.45, 2.75) is 25.3 Å². The number of rotatable bonds is 2. The van der Waals surface area contributed by atoms with Crippen molar-refractivity contribution in [3.63, 3.8) is 0 Å². The molecule has 0 saturated heterocycles. The lowest BCUT2D eigenvalue weighted by atomic mass is 10.1. The number of hydrogen-bond donors (Lipinski definition) is 2. The van der Waals surface area contributed by atoms with Crippen LogP contribution in [0.1, 0.15) is 19.3 Å². The van der Waals surface area contributed by atoms with Gasteiger partial charge < -0.3 is 20.5 Å². The summed E-state index contributed by atoms with van der Waals surface area (Å²) in [6.45, 7) is 1.01. The molecule has 7 heteroatoms. The summed E-state index contributed by atoms with van der Waals surface area (Å²) in [5, 5.41) is 3.31. The molecule has 2 unspecified atom stereocenters. The number of hydrogen-bond acceptors (Lipinski definition) is 4. The molecule has 1 saturated carbocycles. The Hall–Kier alpha value is -1.17. The van der Waals surface area contributed by atoms with E-state index in [1.165, 1.54) is 0 Å². The van der Waals surface area contributed by atoms with Crippen LogP contribution in [0.2, 0.25) is 5.02 Å². The van der Waals surface area contributed by atoms with Crippen molar-refractivity contribution in [3.8, 4) is 11.5 Å². The first-order chi connectivity index (χ1) is 9.63. The zero-order valence-electron chi connectivity index (χ0n) is 11.4. The topological polar surface area (TPSA) is 73.6 Å². The van der Waals surface area contributed by atoms with Crippen LogP contribution in [0.4, 0.5) is 5.69 Å². The molecular formula is C14H18Cl2N2O3. The van der Waals surface area contributed by atoms with Crippen LogP contribution < -0.4 is 20.5 Å². The standard InChI is InChI=1S/C14H17ClN2O3.ClH/c15-10-6-12-13(20-4-3-19-12)7-11(10)17-14(18)8-1-2-9(16)5-8;/h6-9H,1-5,16H2,(H,17,18);1H. The molecule has 21 heavy (non-hydrogen) atoms. The molecule has 1 fully saturated rings. The molecule has 1 amide bonds. The average molecular weight is 333 g/mol. The molecule has 3 N–H and O–H groups in total. The van der Waals surface area contributed by atoms with Gasteiger partial charge in [-0.25, -0.2) is 0 Å². The van der Waals surface area contributed by atoms with Crippen molar-refractivity contribution >= 4 is 35.6 Å². The quantitative estimate of drug-likeness (QED) is 0.872. The van der Waals surface area contributed by atoms with Crippen LogP contribution in [-0.4, -0.2) is 25.2 Å². The summed E-state index contributed by atoms with van der Waals surface area (Å²) in [5.41, 5.74) is 6.39. The third-order valence-corrected chi connectivity index (χ3v) is 4.05. The van der Waals surface area contributed by atoms with Crippen LogP contribution in [0.25, 0.3) is 0 Å². The number of anilines is 1. The summed E-state index contributed by atoms with van der Waals surface area (Å²) in [5.74, 6) is 1.16. The van der Waals surface area contributed by atoms with Gasteiger partial charge in [0.05, 0.1) is 10.7 Å². The normalized spacial score (nSPS) is 23.3. The predicted octanol–water partition coefficient (Wildman–Crippen LogP) is 2.60. The van der Waals surface area contributed by atoms with Gasteiger partial charge in [-0.15, -0.1) is 12.4 Å². The molecule has 1 aromatic rings. The van der Waals surface area contributed by atoms with Gasteiger partial charge in [-0.2, -0.15) is 0 Å². The van der Waals surface area contributed by atoms with E-state index in [1.54, 1.807) is 12.1 Å². The minimum absolute atomic E-state index is 0. The Morgan fingerprint density at radius 1 is 1.24 bits per heavy atom. The minimum Gasteiger partial charge on any atom is -0.486 e. The lowest BCUT2D eigenvalue weighted by Crippen LogP contribution is -2.23. The SMILES string of the molecule is Cl.NC1CCC(C(=O)Nc2cc3c(cc2Cl)OCCO3)C1. The minimum atomic E-state index is -0.0331. The van der Waals surface area contributed by atoms with Crippen LogP contribution in [-0.2, 0) is 4.79 Å². The maximum absolute atomic E-state index is 12.2. The van der Waals surface area contributed by atoms with E-state index in [9.17, 15) is 4.79 Å². The van der Waals surface area contributed by atoms with E-state index in [0.29, 0.717) is 35.4 Å². The summed E-state index contributed by atoms with van der Waals surface area (Å²) >= 11 is 6.17. The first-order valence-electron chi connectivity index (χ1n) is 6.79. The van der Waals surface area contributed by atoms with Gasteiger partial charge in [0.1, 0.15) is 13.2 Å². The molecule has 0 radical (unpaired) electrons. The second-order valence-electron chi connectivity index (χ2n) is 5.24. The molecule has 2 atom stereocenters. The first kappa shape index (κ1) is 16.2. The first-order valence-corrected chi connectivity index (χ1v) is 7.17. The van der Waals surface area contributed by atoms with Crippen LogP contribution in [0, 0.1) is 5.92 Å². The summed E-state index contributed by atoms with van der Waals surface area (Å²) in [6.07, 6.45) is 2.45. The Morgan fingerprint density at radius 3 is 2.52 bits per heavy atom. The molecule has 1 aliphatic carbocycles. The molecule has 2 aliphatic rings. The Balaban J connectivity index is 0.00000161. The molecule has 116 valence electrons. The van der Waals surface area contributed by atoms with E-state index < -0.39 is 0 Å². The zero-order chi connectivity index (χ0) is 14.1. The van der Waals surface area contributed by atoms with Gasteiger partial charge in [-0.1, -0.05) is 11.6 Å². The Bertz CT molecular complexity index is 539. The molecule has 0 bridgehead atoms. The van der Waals surface area contributed by atoms with Crippen molar-refractivity contribution < 1.29 is 14.3 Å². The number of carbonyl (C=O) groups excluding carboxylic acids is 1. The number of amides is 1. The number of ether oxygens (including phenoxy) is 2. The van der Waals surface area contributed by atoms with E-state index in [2.05, 4.69) is 5.32 Å². The zero-order valence-corrected chi connectivity index (χ0v) is 13.0. The molecular weight excluding hydrogens is 315 g/mol. The lowest BCUT2D eigenvalue weighted by molar-refractivity contribution is -0.119. The van der Waals surface area contributed by atoms with Gasteiger partial charge in [0, 0.05) is 24.1 Å². The molecule has 5 nitrogen and oxygen atoms in total. The van der Waals surface area contributed by atoms with E-state index in [0.717, 1.165) is 19.3 Å². The summed E-state index contributed by atoms with van der Waals surface area (Å²) in [7, 11) is 0. The Labute approximate surface area is 134 Å². The predicted molar refractivity (Wildman–Crippen MR) is 83.6 cm³/mol. The summed E-state index contributed by atoms with van der Waals surface area (Å²) in [4.78, 5) is 12.2. The fourth-order valence-electron chi connectivity index (χ4n) is 2.65. The van der Waals surface area contributed by atoms with E-state index >= 15 is 0 Å². The highest BCUT2D eigenvalue weighted by Gasteiger charge is 2.28.